The molecule has 2 aromatic carbocycles. The van der Waals surface area contributed by atoms with Crippen LogP contribution in [-0.4, -0.2) is 40.5 Å². The minimum absolute atomic E-state index is 0.280. The molecule has 3 rings (SSSR count). The number of hydrogen-bond acceptors (Lipinski definition) is 7. The first-order valence-electron chi connectivity index (χ1n) is 9.26. The molecule has 1 heterocycles. The van der Waals surface area contributed by atoms with Crippen LogP contribution in [0.4, 0.5) is 5.69 Å². The summed E-state index contributed by atoms with van der Waals surface area (Å²) in [6.07, 6.45) is 0. The Morgan fingerprint density at radius 1 is 1.03 bits per heavy atom. The maximum absolute atomic E-state index is 12.9. The number of H-pyrrole nitrogens is 1. The van der Waals surface area contributed by atoms with E-state index in [9.17, 15) is 24.0 Å². The summed E-state index contributed by atoms with van der Waals surface area (Å²) in [5, 5.41) is 2.42. The molecule has 1 unspecified atom stereocenters. The van der Waals surface area contributed by atoms with E-state index in [1.54, 1.807) is 49.4 Å². The largest absolute Gasteiger partial charge is 0.463 e. The number of esters is 1. The highest BCUT2D eigenvalue weighted by Gasteiger charge is 2.40. The lowest BCUT2D eigenvalue weighted by molar-refractivity contribution is -0.154. The van der Waals surface area contributed by atoms with Crippen molar-refractivity contribution in [2.45, 2.75) is 19.8 Å². The molecule has 31 heavy (non-hydrogen) atoms. The van der Waals surface area contributed by atoms with Gasteiger partial charge < -0.3 is 15.0 Å². The molecule has 9 nitrogen and oxygen atoms in total. The van der Waals surface area contributed by atoms with Crippen LogP contribution in [0.2, 0.25) is 0 Å². The minimum Gasteiger partial charge on any atom is -0.463 e. The average molecular weight is 421 g/mol. The number of carbonyl (C=O) groups is 4. The number of anilines is 1. The minimum atomic E-state index is -2.05. The number of ketones is 2. The van der Waals surface area contributed by atoms with E-state index in [2.05, 4.69) is 20.0 Å². The number of amides is 1. The number of para-hydroxylation sites is 2. The van der Waals surface area contributed by atoms with Gasteiger partial charge in [-0.15, -0.1) is 0 Å². The number of nitrogens with one attached hydrogen (secondary N) is 2. The molecule has 9 heteroatoms. The second kappa shape index (κ2) is 8.70. The van der Waals surface area contributed by atoms with Crippen LogP contribution in [0.1, 0.15) is 22.7 Å². The number of fused-ring (bicyclic) bond motifs is 1. The van der Waals surface area contributed by atoms with Crippen molar-refractivity contribution in [2.24, 2.45) is 0 Å². The first kappa shape index (κ1) is 21.6. The number of hydrogen-bond donors (Lipinski definition) is 2. The lowest BCUT2D eigenvalue weighted by Gasteiger charge is -2.14. The number of carbonyl (C=O) groups excluding carboxylic acids is 4. The fourth-order valence-corrected chi connectivity index (χ4v) is 3.09. The van der Waals surface area contributed by atoms with Gasteiger partial charge in [-0.1, -0.05) is 29.8 Å². The average Bonchev–Trinajstić information content (AvgIpc) is 2.75. The van der Waals surface area contributed by atoms with Gasteiger partial charge in [-0.05, 0) is 37.6 Å². The standard InChI is InChI=1S/C22H19N3O6/c1-11-8-9-13(12(2)10-11)24-21(29)18(26)16(19(27)22(30)31-3)17-20(28)25-15-7-5-4-6-14(15)23-17/h4-10,16H,1-3H3,(H,24,29)(H,25,28). The van der Waals surface area contributed by atoms with Gasteiger partial charge in [-0.2, -0.15) is 0 Å². The summed E-state index contributed by atoms with van der Waals surface area (Å²) in [6.45, 7) is 3.60. The first-order chi connectivity index (χ1) is 14.7. The summed E-state index contributed by atoms with van der Waals surface area (Å²) in [5.74, 6) is -7.25. The van der Waals surface area contributed by atoms with Crippen LogP contribution in [0.15, 0.2) is 47.3 Å². The summed E-state index contributed by atoms with van der Waals surface area (Å²) in [7, 11) is 0.954. The third-order valence-electron chi connectivity index (χ3n) is 4.66. The molecule has 0 bridgehead atoms. The zero-order valence-electron chi connectivity index (χ0n) is 17.0. The molecule has 0 radical (unpaired) electrons. The quantitative estimate of drug-likeness (QED) is 0.350. The Bertz CT molecular complexity index is 1280. The molecule has 2 N–H and O–H groups in total. The van der Waals surface area contributed by atoms with E-state index < -0.39 is 40.6 Å². The third kappa shape index (κ3) is 4.40. The number of rotatable bonds is 6. The van der Waals surface area contributed by atoms with E-state index in [1.165, 1.54) is 0 Å². The Labute approximate surface area is 176 Å². The van der Waals surface area contributed by atoms with Gasteiger partial charge in [0.15, 0.2) is 0 Å². The second-order valence-corrected chi connectivity index (χ2v) is 6.89. The van der Waals surface area contributed by atoms with Crippen molar-refractivity contribution in [1.82, 2.24) is 9.97 Å². The summed E-state index contributed by atoms with van der Waals surface area (Å²) in [4.78, 5) is 69.2. The van der Waals surface area contributed by atoms with Gasteiger partial charge in [0.2, 0.25) is 5.78 Å². The molecule has 3 aromatic rings. The number of aromatic amines is 1. The molecule has 0 aliphatic rings. The molecule has 0 saturated heterocycles. The lowest BCUT2D eigenvalue weighted by Crippen LogP contribution is -2.39. The van der Waals surface area contributed by atoms with Gasteiger partial charge in [-0.25, -0.2) is 9.78 Å². The molecule has 1 atom stereocenters. The molecular weight excluding hydrogens is 402 g/mol. The Morgan fingerprint density at radius 2 is 1.74 bits per heavy atom. The van der Waals surface area contributed by atoms with E-state index in [1.807, 2.05) is 6.92 Å². The van der Waals surface area contributed by atoms with Gasteiger partial charge in [0, 0.05) is 5.69 Å². The molecule has 1 aromatic heterocycles. The predicted octanol–water partition coefficient (Wildman–Crippen LogP) is 1.57. The molecule has 0 spiro atoms. The number of Topliss-reactive ketones (excluding diaryl/α,β-unsaturated/α-hetero) is 2. The maximum atomic E-state index is 12.9. The highest BCUT2D eigenvalue weighted by atomic mass is 16.5. The van der Waals surface area contributed by atoms with Crippen LogP contribution in [0, 0.1) is 13.8 Å². The highest BCUT2D eigenvalue weighted by Crippen LogP contribution is 2.20. The van der Waals surface area contributed by atoms with Gasteiger partial charge in [0.25, 0.3) is 17.2 Å². The van der Waals surface area contributed by atoms with Crippen molar-refractivity contribution in [1.29, 1.82) is 0 Å². The van der Waals surface area contributed by atoms with Crippen molar-refractivity contribution in [2.75, 3.05) is 12.4 Å². The highest BCUT2D eigenvalue weighted by molar-refractivity contribution is 6.52. The third-order valence-corrected chi connectivity index (χ3v) is 4.66. The smallest absolute Gasteiger partial charge is 0.375 e. The van der Waals surface area contributed by atoms with Gasteiger partial charge in [0.05, 0.1) is 18.1 Å². The Balaban J connectivity index is 2.05. The zero-order valence-corrected chi connectivity index (χ0v) is 17.0. The summed E-state index contributed by atoms with van der Waals surface area (Å²) < 4.78 is 4.41. The van der Waals surface area contributed by atoms with Gasteiger partial charge >= 0.3 is 5.97 Å². The Morgan fingerprint density at radius 3 is 2.42 bits per heavy atom. The number of aromatic nitrogens is 2. The van der Waals surface area contributed by atoms with Crippen LogP contribution < -0.4 is 10.9 Å². The molecule has 0 aliphatic carbocycles. The van der Waals surface area contributed by atoms with E-state index in [4.69, 9.17) is 0 Å². The van der Waals surface area contributed by atoms with Crippen molar-refractivity contribution >= 4 is 40.2 Å². The predicted molar refractivity (Wildman–Crippen MR) is 112 cm³/mol. The number of ether oxygens (including phenoxy) is 1. The topological polar surface area (TPSA) is 135 Å². The lowest BCUT2D eigenvalue weighted by atomic mass is 9.94. The second-order valence-electron chi connectivity index (χ2n) is 6.89. The normalized spacial score (nSPS) is 11.6. The van der Waals surface area contributed by atoms with Gasteiger partial charge in [0.1, 0.15) is 11.6 Å². The van der Waals surface area contributed by atoms with Crippen LogP contribution in [0.3, 0.4) is 0 Å². The van der Waals surface area contributed by atoms with E-state index >= 15 is 0 Å². The Kier molecular flexibility index (Phi) is 6.05. The maximum Gasteiger partial charge on any atom is 0.375 e. The van der Waals surface area contributed by atoms with Crippen molar-refractivity contribution in [3.63, 3.8) is 0 Å². The number of methoxy groups -OCH3 is 1. The van der Waals surface area contributed by atoms with E-state index in [-0.39, 0.29) is 5.52 Å². The summed E-state index contributed by atoms with van der Waals surface area (Å²) in [5.41, 5.74) is 1.22. The fraction of sp³-hybridized carbons (Fsp3) is 0.182. The monoisotopic (exact) mass is 421 g/mol. The van der Waals surface area contributed by atoms with Crippen LogP contribution in [0.25, 0.3) is 11.0 Å². The molecule has 1 amide bonds. The SMILES string of the molecule is COC(=O)C(=O)C(C(=O)C(=O)Nc1ccc(C)cc1C)c1nc2ccccc2[nH]c1=O. The number of nitrogens with zero attached hydrogens (tertiary/aromatic N) is 1. The zero-order chi connectivity index (χ0) is 22.7. The first-order valence-corrected chi connectivity index (χ1v) is 9.26. The fourth-order valence-electron chi connectivity index (χ4n) is 3.09. The van der Waals surface area contributed by atoms with Crippen molar-refractivity contribution < 1.29 is 23.9 Å². The number of aryl methyl sites for hydroxylation is 2. The van der Waals surface area contributed by atoms with Crippen molar-refractivity contribution in [3.8, 4) is 0 Å². The molecule has 158 valence electrons. The molecule has 0 aliphatic heterocycles. The Hall–Kier alpha value is -4.14. The van der Waals surface area contributed by atoms with Crippen LogP contribution >= 0.6 is 0 Å². The van der Waals surface area contributed by atoms with Crippen LogP contribution in [0.5, 0.6) is 0 Å². The van der Waals surface area contributed by atoms with E-state index in [0.29, 0.717) is 16.8 Å². The molecular formula is C22H19N3O6. The summed E-state index contributed by atoms with van der Waals surface area (Å²) in [6, 6.07) is 11.6. The van der Waals surface area contributed by atoms with Gasteiger partial charge in [-0.3, -0.25) is 19.2 Å². The molecule has 0 fully saturated rings. The number of benzene rings is 2. The van der Waals surface area contributed by atoms with Crippen LogP contribution in [-0.2, 0) is 23.9 Å². The van der Waals surface area contributed by atoms with E-state index in [0.717, 1.165) is 12.7 Å². The molecule has 0 saturated carbocycles. The van der Waals surface area contributed by atoms with Crippen molar-refractivity contribution in [3.05, 3.63) is 69.6 Å². The summed E-state index contributed by atoms with van der Waals surface area (Å²) >= 11 is 0.